The van der Waals surface area contributed by atoms with E-state index in [2.05, 4.69) is 41.2 Å². The van der Waals surface area contributed by atoms with Gasteiger partial charge in [-0.25, -0.2) is 24.3 Å². The first kappa shape index (κ1) is 23.6. The van der Waals surface area contributed by atoms with E-state index < -0.39 is 5.82 Å². The molecule has 1 amide bonds. The fraction of sp³-hybridized carbons (Fsp3) is 0.458. The van der Waals surface area contributed by atoms with Gasteiger partial charge in [-0.05, 0) is 69.8 Å². The van der Waals surface area contributed by atoms with Gasteiger partial charge in [0.1, 0.15) is 23.2 Å². The van der Waals surface area contributed by atoms with E-state index >= 15 is 0 Å². The molecule has 0 atom stereocenters. The number of halogens is 2. The second-order valence-corrected chi connectivity index (χ2v) is 9.54. The largest absolute Gasteiger partial charge is 0.353 e. The van der Waals surface area contributed by atoms with Gasteiger partial charge >= 0.3 is 0 Å². The van der Waals surface area contributed by atoms with Crippen molar-refractivity contribution in [3.05, 3.63) is 41.6 Å². The van der Waals surface area contributed by atoms with Crippen LogP contribution in [0.5, 0.6) is 0 Å². The van der Waals surface area contributed by atoms with Crippen molar-refractivity contribution in [1.82, 2.24) is 30.6 Å². The third-order valence-electron chi connectivity index (χ3n) is 6.68. The Morgan fingerprint density at radius 3 is 2.60 bits per heavy atom. The summed E-state index contributed by atoms with van der Waals surface area (Å²) < 4.78 is 13.5. The van der Waals surface area contributed by atoms with Crippen LogP contribution in [0.4, 0.5) is 21.8 Å². The van der Waals surface area contributed by atoms with E-state index in [0.29, 0.717) is 34.5 Å². The van der Waals surface area contributed by atoms with Crippen LogP contribution in [0.3, 0.4) is 0 Å². The van der Waals surface area contributed by atoms with Crippen molar-refractivity contribution in [1.29, 1.82) is 0 Å². The topological polar surface area (TPSA) is 117 Å². The van der Waals surface area contributed by atoms with Crippen molar-refractivity contribution in [2.24, 2.45) is 5.92 Å². The number of anilines is 3. The predicted octanol–water partition coefficient (Wildman–Crippen LogP) is 3.79. The summed E-state index contributed by atoms with van der Waals surface area (Å²) in [5.74, 6) is 0.715. The molecule has 5 rings (SSSR count). The Morgan fingerprint density at radius 2 is 1.83 bits per heavy atom. The monoisotopic (exact) mass is 498 g/mol. The highest BCUT2D eigenvalue weighted by molar-refractivity contribution is 6.31. The van der Waals surface area contributed by atoms with Gasteiger partial charge in [0.05, 0.1) is 11.2 Å². The lowest BCUT2D eigenvalue weighted by atomic mass is 9.85. The molecule has 35 heavy (non-hydrogen) atoms. The number of fused-ring (bicyclic) bond motifs is 1. The summed E-state index contributed by atoms with van der Waals surface area (Å²) in [6.45, 7) is 1.93. The molecule has 0 spiro atoms. The van der Waals surface area contributed by atoms with Crippen molar-refractivity contribution in [3.63, 3.8) is 0 Å². The van der Waals surface area contributed by atoms with Crippen molar-refractivity contribution < 1.29 is 9.18 Å². The number of rotatable bonds is 6. The van der Waals surface area contributed by atoms with Gasteiger partial charge in [0.25, 0.3) is 0 Å². The van der Waals surface area contributed by atoms with Crippen LogP contribution in [0, 0.1) is 11.7 Å². The van der Waals surface area contributed by atoms with Crippen LogP contribution in [0.25, 0.3) is 11.0 Å². The summed E-state index contributed by atoms with van der Waals surface area (Å²) in [6, 6.07) is 4.84. The van der Waals surface area contributed by atoms with E-state index in [9.17, 15) is 9.18 Å². The number of hydrogen-bond acceptors (Lipinski definition) is 8. The minimum atomic E-state index is -0.489. The molecule has 1 aliphatic heterocycles. The third-order valence-corrected chi connectivity index (χ3v) is 6.97. The zero-order valence-electron chi connectivity index (χ0n) is 19.2. The van der Waals surface area contributed by atoms with Crippen LogP contribution < -0.4 is 21.3 Å². The van der Waals surface area contributed by atoms with Crippen LogP contribution in [0.1, 0.15) is 38.5 Å². The molecule has 1 saturated carbocycles. The van der Waals surface area contributed by atoms with Crippen molar-refractivity contribution in [2.45, 2.75) is 50.6 Å². The smallest absolute Gasteiger partial charge is 0.223 e. The molecule has 2 aliphatic rings. The number of aromatic nitrogens is 4. The van der Waals surface area contributed by atoms with Crippen LogP contribution in [0.15, 0.2) is 30.7 Å². The maximum atomic E-state index is 13.5. The summed E-state index contributed by atoms with van der Waals surface area (Å²) in [6.07, 6.45) is 8.47. The lowest BCUT2D eigenvalue weighted by Gasteiger charge is -2.30. The number of carbonyl (C=O) groups is 1. The van der Waals surface area contributed by atoms with E-state index in [-0.39, 0.29) is 22.9 Å². The van der Waals surface area contributed by atoms with Crippen LogP contribution >= 0.6 is 11.6 Å². The van der Waals surface area contributed by atoms with Crippen molar-refractivity contribution >= 4 is 46.0 Å². The number of hydrogen-bond donors (Lipinski definition) is 4. The van der Waals surface area contributed by atoms with Gasteiger partial charge in [-0.1, -0.05) is 11.6 Å². The predicted molar refractivity (Wildman–Crippen MR) is 133 cm³/mol. The fourth-order valence-corrected chi connectivity index (χ4v) is 4.87. The summed E-state index contributed by atoms with van der Waals surface area (Å²) in [4.78, 5) is 30.3. The van der Waals surface area contributed by atoms with E-state index in [4.69, 9.17) is 11.6 Å². The molecule has 0 radical (unpaired) electrons. The molecular formula is C24H28ClFN8O. The Hall–Kier alpha value is -3.11. The molecule has 2 fully saturated rings. The SMILES string of the molecule is O=C(NC1CCNCC1)C1CCC(Nc2ncc3ncnc(Nc4ccc(F)c(Cl)c4)c3n2)CC1. The lowest BCUT2D eigenvalue weighted by Crippen LogP contribution is -2.45. The summed E-state index contributed by atoms with van der Waals surface area (Å²) in [7, 11) is 0. The maximum Gasteiger partial charge on any atom is 0.223 e. The van der Waals surface area contributed by atoms with Crippen molar-refractivity contribution in [2.75, 3.05) is 23.7 Å². The highest BCUT2D eigenvalue weighted by Crippen LogP contribution is 2.28. The Balaban J connectivity index is 1.21. The maximum absolute atomic E-state index is 13.5. The standard InChI is InChI=1S/C24H28ClFN8O/c25-18-11-17(5-6-19(18)26)31-22-21-20(29-13-30-22)12-28-24(34-21)33-15-3-1-14(2-4-15)23(35)32-16-7-9-27-10-8-16/h5-6,11-16,27H,1-4,7-10H2,(H,32,35)(H,28,33,34)(H,29,30,31). The number of nitrogens with one attached hydrogen (secondary N) is 4. The molecule has 0 bridgehead atoms. The zero-order valence-corrected chi connectivity index (χ0v) is 20.0. The molecule has 1 aliphatic carbocycles. The molecule has 0 unspecified atom stereocenters. The Labute approximate surface area is 207 Å². The quantitative estimate of drug-likeness (QED) is 0.405. The van der Waals surface area contributed by atoms with Gasteiger partial charge in [0.2, 0.25) is 11.9 Å². The molecule has 184 valence electrons. The van der Waals surface area contributed by atoms with Crippen LogP contribution in [-0.2, 0) is 4.79 Å². The Morgan fingerprint density at radius 1 is 1.03 bits per heavy atom. The average molecular weight is 499 g/mol. The summed E-state index contributed by atoms with van der Waals surface area (Å²) in [5, 5.41) is 13.1. The van der Waals surface area contributed by atoms with Gasteiger partial charge in [-0.15, -0.1) is 0 Å². The summed E-state index contributed by atoms with van der Waals surface area (Å²) in [5.41, 5.74) is 1.71. The first-order chi connectivity index (χ1) is 17.0. The average Bonchev–Trinajstić information content (AvgIpc) is 2.88. The van der Waals surface area contributed by atoms with Gasteiger partial charge in [0, 0.05) is 23.7 Å². The highest BCUT2D eigenvalue weighted by Gasteiger charge is 2.28. The molecule has 9 nitrogen and oxygen atoms in total. The van der Waals surface area contributed by atoms with Gasteiger partial charge in [-0.2, -0.15) is 0 Å². The second kappa shape index (κ2) is 10.7. The van der Waals surface area contributed by atoms with E-state index in [1.807, 2.05) is 0 Å². The third kappa shape index (κ3) is 5.76. The molecule has 3 aromatic rings. The number of nitrogens with zero attached hydrogens (tertiary/aromatic N) is 4. The normalized spacial score (nSPS) is 21.0. The minimum Gasteiger partial charge on any atom is -0.353 e. The minimum absolute atomic E-state index is 0.0189. The molecule has 3 heterocycles. The van der Waals surface area contributed by atoms with Crippen LogP contribution in [0.2, 0.25) is 5.02 Å². The highest BCUT2D eigenvalue weighted by atomic mass is 35.5. The molecule has 4 N–H and O–H groups in total. The van der Waals surface area contributed by atoms with E-state index in [0.717, 1.165) is 51.6 Å². The van der Waals surface area contributed by atoms with Gasteiger partial charge in [-0.3, -0.25) is 4.79 Å². The Bertz CT molecular complexity index is 1200. The number of piperidine rings is 1. The first-order valence-corrected chi connectivity index (χ1v) is 12.4. The fourth-order valence-electron chi connectivity index (χ4n) is 4.69. The Kier molecular flexibility index (Phi) is 7.19. The first-order valence-electron chi connectivity index (χ1n) is 12.0. The van der Waals surface area contributed by atoms with Crippen LogP contribution in [-0.4, -0.2) is 51.0 Å². The second-order valence-electron chi connectivity index (χ2n) is 9.13. The van der Waals surface area contributed by atoms with E-state index in [1.165, 1.54) is 18.5 Å². The zero-order chi connectivity index (χ0) is 24.2. The summed E-state index contributed by atoms with van der Waals surface area (Å²) >= 11 is 5.90. The van der Waals surface area contributed by atoms with Gasteiger partial charge < -0.3 is 21.3 Å². The molecule has 1 saturated heterocycles. The number of carbonyl (C=O) groups excluding carboxylic acids is 1. The van der Waals surface area contributed by atoms with Crippen molar-refractivity contribution in [3.8, 4) is 0 Å². The molecule has 11 heteroatoms. The number of benzene rings is 1. The molecular weight excluding hydrogens is 471 g/mol. The molecule has 1 aromatic carbocycles. The van der Waals surface area contributed by atoms with E-state index in [1.54, 1.807) is 12.3 Å². The van der Waals surface area contributed by atoms with Gasteiger partial charge in [0.15, 0.2) is 5.82 Å². The number of amides is 1. The molecule has 2 aromatic heterocycles. The lowest BCUT2D eigenvalue weighted by molar-refractivity contribution is -0.126.